The average molecular weight is 401 g/mol. The molecule has 0 unspecified atom stereocenters. The number of pyridine rings is 1. The topological polar surface area (TPSA) is 74.1 Å². The van der Waals surface area contributed by atoms with E-state index in [0.717, 1.165) is 22.5 Å². The molecule has 0 aliphatic carbocycles. The average Bonchev–Trinajstić information content (AvgIpc) is 3.39. The van der Waals surface area contributed by atoms with Crippen LogP contribution in [-0.4, -0.2) is 29.2 Å². The monoisotopic (exact) mass is 401 g/mol. The molecule has 3 heterocycles. The quantitative estimate of drug-likeness (QED) is 0.552. The molecule has 1 aliphatic heterocycles. The minimum Gasteiger partial charge on any atom is -0.495 e. The van der Waals surface area contributed by atoms with Crippen molar-refractivity contribution in [2.75, 3.05) is 19.2 Å². The second kappa shape index (κ2) is 7.11. The molecule has 1 aliphatic rings. The Balaban J connectivity index is 1.47. The summed E-state index contributed by atoms with van der Waals surface area (Å²) in [6.07, 6.45) is 3.94. The van der Waals surface area contributed by atoms with Crippen LogP contribution in [0, 0.1) is 6.92 Å². The van der Waals surface area contributed by atoms with Gasteiger partial charge >= 0.3 is 0 Å². The van der Waals surface area contributed by atoms with Gasteiger partial charge in [-0.15, -0.1) is 0 Å². The number of carbonyl (C=O) groups excluding carboxylic acids is 1. The lowest BCUT2D eigenvalue weighted by Crippen LogP contribution is -2.12. The molecule has 7 heteroatoms. The number of methoxy groups -OCH3 is 1. The molecule has 0 bridgehead atoms. The minimum absolute atomic E-state index is 0.162. The molecule has 0 atom stereocenters. The zero-order valence-electron chi connectivity index (χ0n) is 16.5. The van der Waals surface area contributed by atoms with Gasteiger partial charge in [-0.25, -0.2) is 4.98 Å². The summed E-state index contributed by atoms with van der Waals surface area (Å²) in [7, 11) is 1.57. The predicted molar refractivity (Wildman–Crippen MR) is 112 cm³/mol. The van der Waals surface area contributed by atoms with E-state index < -0.39 is 0 Å². The van der Waals surface area contributed by atoms with Crippen molar-refractivity contribution in [3.8, 4) is 28.5 Å². The van der Waals surface area contributed by atoms with Crippen LogP contribution in [0.2, 0.25) is 0 Å². The first-order valence-corrected chi connectivity index (χ1v) is 9.45. The second-order valence-electron chi connectivity index (χ2n) is 7.03. The number of nitrogens with zero attached hydrogens (tertiary/aromatic N) is 2. The van der Waals surface area contributed by atoms with Gasteiger partial charge in [0.1, 0.15) is 11.4 Å². The zero-order valence-corrected chi connectivity index (χ0v) is 16.5. The van der Waals surface area contributed by atoms with Gasteiger partial charge in [-0.3, -0.25) is 4.79 Å². The Morgan fingerprint density at radius 2 is 1.97 bits per heavy atom. The van der Waals surface area contributed by atoms with E-state index >= 15 is 0 Å². The lowest BCUT2D eigenvalue weighted by atomic mass is 10.1. The van der Waals surface area contributed by atoms with Crippen molar-refractivity contribution in [3.63, 3.8) is 0 Å². The number of carbonyl (C=O) groups is 1. The number of aromatic nitrogens is 2. The number of nitrogens with one attached hydrogen (secondary N) is 1. The van der Waals surface area contributed by atoms with Crippen molar-refractivity contribution in [1.82, 2.24) is 9.38 Å². The van der Waals surface area contributed by atoms with Gasteiger partial charge in [0, 0.05) is 23.5 Å². The molecule has 0 fully saturated rings. The van der Waals surface area contributed by atoms with Gasteiger partial charge in [0.15, 0.2) is 11.5 Å². The van der Waals surface area contributed by atoms with Crippen molar-refractivity contribution >= 4 is 17.2 Å². The first-order chi connectivity index (χ1) is 14.6. The van der Waals surface area contributed by atoms with Crippen LogP contribution in [0.15, 0.2) is 60.9 Å². The van der Waals surface area contributed by atoms with Gasteiger partial charge in [-0.1, -0.05) is 0 Å². The molecule has 2 aromatic heterocycles. The summed E-state index contributed by atoms with van der Waals surface area (Å²) < 4.78 is 18.1. The van der Waals surface area contributed by atoms with Gasteiger partial charge in [0.05, 0.1) is 18.5 Å². The summed E-state index contributed by atoms with van der Waals surface area (Å²) in [5.41, 5.74) is 4.72. The van der Waals surface area contributed by atoms with Crippen LogP contribution in [0.1, 0.15) is 15.9 Å². The van der Waals surface area contributed by atoms with Crippen molar-refractivity contribution in [2.24, 2.45) is 0 Å². The van der Waals surface area contributed by atoms with Crippen LogP contribution in [0.4, 0.5) is 5.69 Å². The number of hydrogen-bond donors (Lipinski definition) is 1. The molecule has 2 aromatic carbocycles. The fourth-order valence-corrected chi connectivity index (χ4v) is 3.42. The zero-order chi connectivity index (χ0) is 20.7. The van der Waals surface area contributed by atoms with Crippen LogP contribution < -0.4 is 19.5 Å². The largest absolute Gasteiger partial charge is 0.495 e. The Morgan fingerprint density at radius 1 is 1.10 bits per heavy atom. The maximum Gasteiger partial charge on any atom is 0.255 e. The molecule has 1 N–H and O–H groups in total. The number of rotatable bonds is 4. The van der Waals surface area contributed by atoms with E-state index in [-0.39, 0.29) is 12.7 Å². The van der Waals surface area contributed by atoms with Gasteiger partial charge < -0.3 is 23.9 Å². The molecule has 150 valence electrons. The lowest BCUT2D eigenvalue weighted by molar-refractivity contribution is 0.102. The predicted octanol–water partition coefficient (Wildman–Crippen LogP) is 4.30. The van der Waals surface area contributed by atoms with Crippen LogP contribution >= 0.6 is 0 Å². The van der Waals surface area contributed by atoms with Gasteiger partial charge in [0.2, 0.25) is 6.79 Å². The summed E-state index contributed by atoms with van der Waals surface area (Å²) >= 11 is 0. The van der Waals surface area contributed by atoms with Gasteiger partial charge in [0.25, 0.3) is 5.91 Å². The molecule has 7 nitrogen and oxygen atoms in total. The molecule has 30 heavy (non-hydrogen) atoms. The normalized spacial score (nSPS) is 12.2. The van der Waals surface area contributed by atoms with Crippen LogP contribution in [0.25, 0.3) is 16.9 Å². The van der Waals surface area contributed by atoms with E-state index in [4.69, 9.17) is 19.2 Å². The fraction of sp³-hybridized carbons (Fsp3) is 0.130. The fourth-order valence-electron chi connectivity index (χ4n) is 3.42. The Labute approximate surface area is 172 Å². The smallest absolute Gasteiger partial charge is 0.255 e. The summed E-state index contributed by atoms with van der Waals surface area (Å²) in [5, 5.41) is 2.93. The third-order valence-corrected chi connectivity index (χ3v) is 4.99. The van der Waals surface area contributed by atoms with Gasteiger partial charge in [-0.2, -0.15) is 0 Å². The second-order valence-corrected chi connectivity index (χ2v) is 7.03. The van der Waals surface area contributed by atoms with Gasteiger partial charge in [-0.05, 0) is 61.0 Å². The first kappa shape index (κ1) is 18.1. The SMILES string of the molecule is COc1ccc(-c2cn3ccc(C)cc3n2)cc1NC(=O)c1ccc2c(c1)OCO2. The van der Waals surface area contributed by atoms with Crippen molar-refractivity contribution in [1.29, 1.82) is 0 Å². The standard InChI is InChI=1S/C23H19N3O4/c1-14-7-8-26-12-18(24-22(26)9-14)15-3-5-19(28-2)17(10-15)25-23(27)16-4-6-20-21(11-16)30-13-29-20/h3-12H,13H2,1-2H3,(H,25,27). The highest BCUT2D eigenvalue weighted by Crippen LogP contribution is 2.34. The van der Waals surface area contributed by atoms with E-state index in [0.29, 0.717) is 28.5 Å². The number of amides is 1. The highest BCUT2D eigenvalue weighted by atomic mass is 16.7. The molecule has 5 rings (SSSR count). The maximum atomic E-state index is 12.8. The summed E-state index contributed by atoms with van der Waals surface area (Å²) in [5.74, 6) is 1.48. The number of ether oxygens (including phenoxy) is 3. The number of aryl methyl sites for hydroxylation is 1. The molecular formula is C23H19N3O4. The van der Waals surface area contributed by atoms with Crippen LogP contribution in [-0.2, 0) is 0 Å². The summed E-state index contributed by atoms with van der Waals surface area (Å²) in [4.78, 5) is 17.5. The van der Waals surface area contributed by atoms with E-state index in [1.807, 2.05) is 54.0 Å². The Bertz CT molecular complexity index is 1280. The summed E-state index contributed by atoms with van der Waals surface area (Å²) in [6.45, 7) is 2.19. The lowest BCUT2D eigenvalue weighted by Gasteiger charge is -2.12. The number of hydrogen-bond acceptors (Lipinski definition) is 5. The molecule has 0 saturated heterocycles. The van der Waals surface area contributed by atoms with Crippen LogP contribution in [0.5, 0.6) is 17.2 Å². The van der Waals surface area contributed by atoms with E-state index in [2.05, 4.69) is 5.32 Å². The van der Waals surface area contributed by atoms with Crippen molar-refractivity contribution in [2.45, 2.75) is 6.92 Å². The Hall–Kier alpha value is -4.00. The third-order valence-electron chi connectivity index (χ3n) is 4.99. The number of fused-ring (bicyclic) bond motifs is 2. The summed E-state index contributed by atoms with van der Waals surface area (Å²) in [6, 6.07) is 14.7. The van der Waals surface area contributed by atoms with E-state index in [1.165, 1.54) is 0 Å². The highest BCUT2D eigenvalue weighted by molar-refractivity contribution is 6.05. The van der Waals surface area contributed by atoms with Crippen molar-refractivity contribution in [3.05, 3.63) is 72.1 Å². The first-order valence-electron chi connectivity index (χ1n) is 9.45. The number of imidazole rings is 1. The molecular weight excluding hydrogens is 382 g/mol. The molecule has 0 radical (unpaired) electrons. The molecule has 0 spiro atoms. The third kappa shape index (κ3) is 3.20. The molecule has 4 aromatic rings. The number of anilines is 1. The highest BCUT2D eigenvalue weighted by Gasteiger charge is 2.18. The Morgan fingerprint density at radius 3 is 2.83 bits per heavy atom. The molecule has 0 saturated carbocycles. The van der Waals surface area contributed by atoms with E-state index in [9.17, 15) is 4.79 Å². The number of benzene rings is 2. The van der Waals surface area contributed by atoms with Crippen molar-refractivity contribution < 1.29 is 19.0 Å². The maximum absolute atomic E-state index is 12.8. The minimum atomic E-state index is -0.269. The molecule has 1 amide bonds. The van der Waals surface area contributed by atoms with Crippen LogP contribution in [0.3, 0.4) is 0 Å². The van der Waals surface area contributed by atoms with E-state index in [1.54, 1.807) is 25.3 Å². The Kier molecular flexibility index (Phi) is 4.28.